The number of carbonyl (C=O) groups is 2. The Balaban J connectivity index is 1.17. The molecular weight excluding hydrogens is 646 g/mol. The number of para-hydroxylation sites is 2. The Morgan fingerprint density at radius 3 is 2.37 bits per heavy atom. The summed E-state index contributed by atoms with van der Waals surface area (Å²) in [6.45, 7) is 2.24. The number of rotatable bonds is 11. The van der Waals surface area contributed by atoms with Crippen LogP contribution in [0.2, 0.25) is 6.32 Å². The Morgan fingerprint density at radius 1 is 0.961 bits per heavy atom. The van der Waals surface area contributed by atoms with E-state index in [4.69, 9.17) is 9.39 Å². The summed E-state index contributed by atoms with van der Waals surface area (Å²) in [5.41, 5.74) is 5.79. The van der Waals surface area contributed by atoms with Crippen LogP contribution in [0.3, 0.4) is 0 Å². The van der Waals surface area contributed by atoms with Crippen LogP contribution in [-0.2, 0) is 14.2 Å². The molecule has 2 aliphatic heterocycles. The van der Waals surface area contributed by atoms with Crippen molar-refractivity contribution in [1.29, 1.82) is 0 Å². The predicted molar refractivity (Wildman–Crippen MR) is 196 cm³/mol. The summed E-state index contributed by atoms with van der Waals surface area (Å²) in [5.74, 6) is -2.56. The second-order valence-electron chi connectivity index (χ2n) is 13.4. The van der Waals surface area contributed by atoms with E-state index in [1.165, 1.54) is 17.0 Å². The van der Waals surface area contributed by atoms with Crippen molar-refractivity contribution < 1.29 is 33.5 Å². The predicted octanol–water partition coefficient (Wildman–Crippen LogP) is 7.93. The Bertz CT molecular complexity index is 1950. The maximum atomic E-state index is 14.3. The van der Waals surface area contributed by atoms with Gasteiger partial charge in [-0.1, -0.05) is 61.0 Å². The van der Waals surface area contributed by atoms with Crippen LogP contribution in [0.25, 0.3) is 6.08 Å². The van der Waals surface area contributed by atoms with Gasteiger partial charge in [0.05, 0.1) is 23.6 Å². The summed E-state index contributed by atoms with van der Waals surface area (Å²) in [6.07, 6.45) is 3.74. The van der Waals surface area contributed by atoms with Gasteiger partial charge in [0, 0.05) is 11.4 Å². The van der Waals surface area contributed by atoms with E-state index in [0.717, 1.165) is 28.1 Å². The molecule has 260 valence electrons. The smallest absolute Gasteiger partial charge is 0.455 e. The van der Waals surface area contributed by atoms with Crippen molar-refractivity contribution in [3.8, 4) is 11.5 Å². The van der Waals surface area contributed by atoms with E-state index >= 15 is 0 Å². The number of fused-ring (bicyclic) bond motifs is 3. The van der Waals surface area contributed by atoms with E-state index in [-0.39, 0.29) is 24.7 Å². The first-order valence-corrected chi connectivity index (χ1v) is 17.5. The number of carbonyl (C=O) groups excluding carboxylic acids is 2. The lowest BCUT2D eigenvalue weighted by molar-refractivity contribution is -0.122. The van der Waals surface area contributed by atoms with Crippen molar-refractivity contribution in [1.82, 2.24) is 0 Å². The van der Waals surface area contributed by atoms with Crippen LogP contribution < -0.4 is 15.0 Å². The lowest BCUT2D eigenvalue weighted by Gasteiger charge is -2.43. The van der Waals surface area contributed by atoms with E-state index < -0.39 is 42.5 Å². The number of hydrogen-bond donors (Lipinski definition) is 3. The first-order chi connectivity index (χ1) is 24.8. The van der Waals surface area contributed by atoms with Crippen LogP contribution in [0.15, 0.2) is 120 Å². The Kier molecular flexibility index (Phi) is 10.1. The lowest BCUT2D eigenvalue weighted by Crippen LogP contribution is -2.46. The van der Waals surface area contributed by atoms with Gasteiger partial charge in [-0.3, -0.25) is 14.5 Å². The molecular formula is C41H40BFN2O6. The van der Waals surface area contributed by atoms with E-state index in [1.54, 1.807) is 18.2 Å². The standard InChI is InChI=1S/C41H40BFN2O6/c1-2-26(21-27-13-19-36(46)35(43)22-27)14-20-37-38-28(25-50-32-11-7-4-8-12-32)23-33-39(34(38)24-42(49)51-37)41(48)45(40(33)47)31-17-15-30(16-18-31)44-29-9-5-3-6-10-29/h3-13,15-19,21-22,33-34,37,39,44,46,49H,2,14,20,23-25H2,1H3/b26-21+/t33-,34+,37-,39-/m1/s1. The summed E-state index contributed by atoms with van der Waals surface area (Å²) in [6, 6.07) is 30.8. The van der Waals surface area contributed by atoms with Crippen molar-refractivity contribution in [2.45, 2.75) is 45.0 Å². The third kappa shape index (κ3) is 7.34. The molecule has 2 amide bonds. The molecule has 8 nitrogen and oxygen atoms in total. The van der Waals surface area contributed by atoms with Crippen LogP contribution in [-0.4, -0.2) is 41.8 Å². The Morgan fingerprint density at radius 2 is 1.67 bits per heavy atom. The summed E-state index contributed by atoms with van der Waals surface area (Å²) in [5, 5.41) is 24.0. The maximum Gasteiger partial charge on any atom is 0.455 e. The molecule has 2 heterocycles. The van der Waals surface area contributed by atoms with Crippen LogP contribution in [0.1, 0.15) is 38.2 Å². The molecule has 0 aromatic heterocycles. The first-order valence-electron chi connectivity index (χ1n) is 17.5. The minimum Gasteiger partial charge on any atom is -0.505 e. The second kappa shape index (κ2) is 15.0. The highest BCUT2D eigenvalue weighted by Crippen LogP contribution is 2.51. The minimum atomic E-state index is -1.11. The van der Waals surface area contributed by atoms with E-state index in [1.807, 2.05) is 85.8 Å². The fourth-order valence-corrected chi connectivity index (χ4v) is 7.74. The third-order valence-electron chi connectivity index (χ3n) is 10.2. The van der Waals surface area contributed by atoms with E-state index in [0.29, 0.717) is 42.7 Å². The van der Waals surface area contributed by atoms with Crippen LogP contribution in [0, 0.1) is 23.6 Å². The number of allylic oxidation sites excluding steroid dienone is 1. The molecule has 4 aromatic carbocycles. The van der Waals surface area contributed by atoms with Crippen LogP contribution in [0.4, 0.5) is 21.5 Å². The monoisotopic (exact) mass is 686 g/mol. The number of anilines is 3. The number of amides is 2. The normalized spacial score (nSPS) is 21.8. The number of nitrogens with zero attached hydrogens (tertiary/aromatic N) is 1. The maximum absolute atomic E-state index is 14.3. The molecule has 51 heavy (non-hydrogen) atoms. The average molecular weight is 687 g/mol. The molecule has 0 saturated carbocycles. The molecule has 7 rings (SSSR count). The zero-order valence-corrected chi connectivity index (χ0v) is 28.4. The fraction of sp³-hybridized carbons (Fsp3) is 0.268. The van der Waals surface area contributed by atoms with Gasteiger partial charge >= 0.3 is 7.12 Å². The van der Waals surface area contributed by atoms with Crippen molar-refractivity contribution in [3.63, 3.8) is 0 Å². The number of hydrogen-bond acceptors (Lipinski definition) is 7. The zero-order valence-electron chi connectivity index (χ0n) is 28.4. The summed E-state index contributed by atoms with van der Waals surface area (Å²) < 4.78 is 26.5. The van der Waals surface area contributed by atoms with Gasteiger partial charge in [-0.15, -0.1) is 0 Å². The van der Waals surface area contributed by atoms with Crippen LogP contribution in [0.5, 0.6) is 11.5 Å². The molecule has 10 heteroatoms. The zero-order chi connectivity index (χ0) is 35.5. The van der Waals surface area contributed by atoms with Gasteiger partial charge in [0.15, 0.2) is 11.6 Å². The van der Waals surface area contributed by atoms with Crippen molar-refractivity contribution in [3.05, 3.63) is 131 Å². The molecule has 4 aromatic rings. The number of phenolic OH excluding ortho intramolecular Hbond substituents is 1. The molecule has 0 unspecified atom stereocenters. The highest BCUT2D eigenvalue weighted by Gasteiger charge is 2.57. The first kappa shape index (κ1) is 34.3. The summed E-state index contributed by atoms with van der Waals surface area (Å²) in [7, 11) is -1.11. The van der Waals surface area contributed by atoms with Crippen molar-refractivity contribution >= 4 is 42.1 Å². The minimum absolute atomic E-state index is 0.192. The van der Waals surface area contributed by atoms with Gasteiger partial charge in [0.1, 0.15) is 12.4 Å². The second-order valence-corrected chi connectivity index (χ2v) is 13.4. The largest absolute Gasteiger partial charge is 0.505 e. The fourth-order valence-electron chi connectivity index (χ4n) is 7.74. The molecule has 0 radical (unpaired) electrons. The van der Waals surface area contributed by atoms with Crippen molar-refractivity contribution in [2.24, 2.45) is 17.8 Å². The Hall–Kier alpha value is -5.19. The number of nitrogens with one attached hydrogen (secondary N) is 1. The number of halogens is 1. The van der Waals surface area contributed by atoms with E-state index in [9.17, 15) is 24.1 Å². The molecule has 2 fully saturated rings. The average Bonchev–Trinajstić information content (AvgIpc) is 3.40. The SMILES string of the molecule is CC/C(=C\c1ccc(O)c(F)c1)CC[C@H]1OB(O)C[C@H]2C1=C(COc1ccccc1)C[C@H]1C(=O)N(c3ccc(Nc4ccccc4)cc3)C(=O)[C@H]12. The number of ether oxygens (including phenoxy) is 1. The van der Waals surface area contributed by atoms with E-state index in [2.05, 4.69) is 5.32 Å². The molecule has 0 spiro atoms. The van der Waals surface area contributed by atoms with Gasteiger partial charge < -0.3 is 24.8 Å². The number of aromatic hydroxyl groups is 1. The summed E-state index contributed by atoms with van der Waals surface area (Å²) >= 11 is 0. The highest BCUT2D eigenvalue weighted by atomic mass is 19.1. The molecule has 1 aliphatic carbocycles. The number of imide groups is 1. The van der Waals surface area contributed by atoms with Gasteiger partial charge in [0.2, 0.25) is 11.8 Å². The van der Waals surface area contributed by atoms with Crippen LogP contribution >= 0.6 is 0 Å². The Labute approximate surface area is 297 Å². The molecule has 3 N–H and O–H groups in total. The van der Waals surface area contributed by atoms with Gasteiger partial charge in [-0.2, -0.15) is 0 Å². The molecule has 4 atom stereocenters. The molecule has 2 saturated heterocycles. The molecule has 3 aliphatic rings. The van der Waals surface area contributed by atoms with Gasteiger partial charge in [-0.05, 0) is 115 Å². The quantitative estimate of drug-likeness (QED) is 0.0836. The van der Waals surface area contributed by atoms with Crippen molar-refractivity contribution in [2.75, 3.05) is 16.8 Å². The number of benzene rings is 4. The highest BCUT2D eigenvalue weighted by molar-refractivity contribution is 6.43. The topological polar surface area (TPSA) is 108 Å². The lowest BCUT2D eigenvalue weighted by atomic mass is 9.58. The number of phenols is 1. The van der Waals surface area contributed by atoms with Gasteiger partial charge in [-0.25, -0.2) is 4.39 Å². The molecule has 0 bridgehead atoms. The van der Waals surface area contributed by atoms with Gasteiger partial charge in [0.25, 0.3) is 0 Å². The summed E-state index contributed by atoms with van der Waals surface area (Å²) in [4.78, 5) is 29.8. The third-order valence-corrected chi connectivity index (χ3v) is 10.2.